The zero-order valence-electron chi connectivity index (χ0n) is 13.8. The molecular formula is C16H24ClN3O3. The van der Waals surface area contributed by atoms with E-state index in [4.69, 9.17) is 16.3 Å². The molecule has 0 radical (unpaired) electrons. The lowest BCUT2D eigenvalue weighted by molar-refractivity contribution is 0.0458. The highest BCUT2D eigenvalue weighted by atomic mass is 35.5. The number of nitrogens with one attached hydrogen (secondary N) is 1. The number of amides is 2. The van der Waals surface area contributed by atoms with Crippen molar-refractivity contribution < 1.29 is 14.6 Å². The van der Waals surface area contributed by atoms with Crippen LogP contribution >= 0.6 is 11.6 Å². The average Bonchev–Trinajstić information content (AvgIpc) is 2.62. The maximum atomic E-state index is 12.5. The number of urea groups is 1. The van der Waals surface area contributed by atoms with Crippen molar-refractivity contribution in [2.75, 3.05) is 18.4 Å². The minimum atomic E-state index is -0.710. The lowest BCUT2D eigenvalue weighted by Crippen LogP contribution is -2.36. The van der Waals surface area contributed by atoms with Crippen LogP contribution in [0, 0.1) is 0 Å². The lowest BCUT2D eigenvalue weighted by Gasteiger charge is -2.23. The molecule has 0 aliphatic carbocycles. The standard InChI is InChI=1S/C16H24ClN3O3/c1-11(2)23-14-13(9-12(17)10-18-14)19-15(21)20-7-4-5-16(3,22)6-8-20/h9-11,22H,4-8H2,1-3H3,(H,19,21). The summed E-state index contributed by atoms with van der Waals surface area (Å²) in [6.45, 7) is 6.70. The van der Waals surface area contributed by atoms with Gasteiger partial charge < -0.3 is 20.1 Å². The van der Waals surface area contributed by atoms with E-state index in [-0.39, 0.29) is 12.1 Å². The van der Waals surface area contributed by atoms with Gasteiger partial charge in [-0.05, 0) is 46.1 Å². The SMILES string of the molecule is CC(C)Oc1ncc(Cl)cc1NC(=O)N1CCCC(C)(O)CC1. The van der Waals surface area contributed by atoms with Crippen LogP contribution in [-0.4, -0.2) is 45.8 Å². The van der Waals surface area contributed by atoms with Crippen molar-refractivity contribution in [3.63, 3.8) is 0 Å². The van der Waals surface area contributed by atoms with Gasteiger partial charge in [-0.25, -0.2) is 9.78 Å². The Balaban J connectivity index is 2.09. The second kappa shape index (κ2) is 7.36. The second-order valence-electron chi connectivity index (χ2n) is 6.44. The first-order valence-corrected chi connectivity index (χ1v) is 8.25. The van der Waals surface area contributed by atoms with Crippen LogP contribution in [0.15, 0.2) is 12.3 Å². The maximum Gasteiger partial charge on any atom is 0.321 e. The molecule has 1 atom stereocenters. The Morgan fingerprint density at radius 2 is 2.22 bits per heavy atom. The van der Waals surface area contributed by atoms with Crippen molar-refractivity contribution in [3.05, 3.63) is 17.3 Å². The van der Waals surface area contributed by atoms with Crippen molar-refractivity contribution >= 4 is 23.3 Å². The molecule has 1 aromatic heterocycles. The first-order valence-electron chi connectivity index (χ1n) is 7.87. The van der Waals surface area contributed by atoms with Gasteiger partial charge in [0.1, 0.15) is 5.69 Å². The molecule has 23 heavy (non-hydrogen) atoms. The summed E-state index contributed by atoms with van der Waals surface area (Å²) in [6, 6.07) is 1.39. The minimum absolute atomic E-state index is 0.0624. The summed E-state index contributed by atoms with van der Waals surface area (Å²) >= 11 is 5.97. The predicted octanol–water partition coefficient (Wildman–Crippen LogP) is 3.29. The van der Waals surface area contributed by atoms with Crippen molar-refractivity contribution in [3.8, 4) is 5.88 Å². The van der Waals surface area contributed by atoms with Gasteiger partial charge in [0.15, 0.2) is 0 Å². The van der Waals surface area contributed by atoms with E-state index in [9.17, 15) is 9.90 Å². The molecule has 128 valence electrons. The van der Waals surface area contributed by atoms with Crippen LogP contribution in [0.5, 0.6) is 5.88 Å². The fourth-order valence-electron chi connectivity index (χ4n) is 2.49. The minimum Gasteiger partial charge on any atom is -0.473 e. The summed E-state index contributed by atoms with van der Waals surface area (Å²) in [5.74, 6) is 0.347. The van der Waals surface area contributed by atoms with Gasteiger partial charge >= 0.3 is 6.03 Å². The zero-order chi connectivity index (χ0) is 17.0. The summed E-state index contributed by atoms with van der Waals surface area (Å²) in [4.78, 5) is 18.3. The highest BCUT2D eigenvalue weighted by Gasteiger charge is 2.27. The average molecular weight is 342 g/mol. The Bertz CT molecular complexity index is 564. The van der Waals surface area contributed by atoms with Crippen LogP contribution in [0.1, 0.15) is 40.0 Å². The number of nitrogens with zero attached hydrogens (tertiary/aromatic N) is 2. The van der Waals surface area contributed by atoms with Gasteiger partial charge in [0, 0.05) is 19.3 Å². The first kappa shape index (κ1) is 17.8. The van der Waals surface area contributed by atoms with Crippen LogP contribution in [-0.2, 0) is 0 Å². The molecule has 0 spiro atoms. The van der Waals surface area contributed by atoms with E-state index in [1.54, 1.807) is 11.0 Å². The second-order valence-corrected chi connectivity index (χ2v) is 6.88. The van der Waals surface area contributed by atoms with Crippen LogP contribution in [0.3, 0.4) is 0 Å². The molecule has 0 aromatic carbocycles. The number of hydrogen-bond acceptors (Lipinski definition) is 4. The Hall–Kier alpha value is -1.53. The zero-order valence-corrected chi connectivity index (χ0v) is 14.6. The molecule has 2 amide bonds. The lowest BCUT2D eigenvalue weighted by atomic mass is 9.98. The van der Waals surface area contributed by atoms with Gasteiger partial charge in [-0.1, -0.05) is 11.6 Å². The van der Waals surface area contributed by atoms with Crippen molar-refractivity contribution in [2.45, 2.75) is 51.7 Å². The monoisotopic (exact) mass is 341 g/mol. The van der Waals surface area contributed by atoms with Gasteiger partial charge in [0.2, 0.25) is 5.88 Å². The van der Waals surface area contributed by atoms with Crippen LogP contribution < -0.4 is 10.1 Å². The van der Waals surface area contributed by atoms with Crippen LogP contribution in [0.4, 0.5) is 10.5 Å². The molecule has 1 fully saturated rings. The third kappa shape index (κ3) is 5.25. The highest BCUT2D eigenvalue weighted by molar-refractivity contribution is 6.30. The van der Waals surface area contributed by atoms with E-state index in [0.29, 0.717) is 42.5 Å². The first-order chi connectivity index (χ1) is 10.8. The van der Waals surface area contributed by atoms with Crippen molar-refractivity contribution in [1.29, 1.82) is 0 Å². The largest absolute Gasteiger partial charge is 0.473 e. The molecule has 1 saturated heterocycles. The van der Waals surface area contributed by atoms with Gasteiger partial charge in [-0.3, -0.25) is 0 Å². The number of pyridine rings is 1. The molecule has 1 unspecified atom stereocenters. The normalized spacial score (nSPS) is 21.9. The summed E-state index contributed by atoms with van der Waals surface area (Å²) in [5, 5.41) is 13.4. The molecule has 0 saturated carbocycles. The summed E-state index contributed by atoms with van der Waals surface area (Å²) in [6.07, 6.45) is 3.44. The van der Waals surface area contributed by atoms with E-state index >= 15 is 0 Å². The van der Waals surface area contributed by atoms with Crippen molar-refractivity contribution in [2.24, 2.45) is 0 Å². The molecule has 2 N–H and O–H groups in total. The van der Waals surface area contributed by atoms with E-state index in [2.05, 4.69) is 10.3 Å². The molecule has 2 heterocycles. The van der Waals surface area contributed by atoms with Crippen LogP contribution in [0.25, 0.3) is 0 Å². The molecule has 1 aliphatic heterocycles. The molecule has 6 nitrogen and oxygen atoms in total. The molecule has 0 bridgehead atoms. The molecule has 1 aliphatic rings. The fraction of sp³-hybridized carbons (Fsp3) is 0.625. The number of likely N-dealkylation sites (tertiary alicyclic amines) is 1. The highest BCUT2D eigenvalue weighted by Crippen LogP contribution is 2.27. The number of rotatable bonds is 3. The number of hydrogen-bond donors (Lipinski definition) is 2. The van der Waals surface area contributed by atoms with Crippen LogP contribution in [0.2, 0.25) is 5.02 Å². The summed E-state index contributed by atoms with van der Waals surface area (Å²) in [7, 11) is 0. The smallest absolute Gasteiger partial charge is 0.321 e. The number of carbonyl (C=O) groups excluding carboxylic acids is 1. The Morgan fingerprint density at radius 1 is 1.48 bits per heavy atom. The van der Waals surface area contributed by atoms with Crippen molar-refractivity contribution in [1.82, 2.24) is 9.88 Å². The van der Waals surface area contributed by atoms with Gasteiger partial charge in [0.05, 0.1) is 16.7 Å². The number of aliphatic hydroxyl groups is 1. The van der Waals surface area contributed by atoms with E-state index < -0.39 is 5.60 Å². The summed E-state index contributed by atoms with van der Waals surface area (Å²) in [5.41, 5.74) is -0.259. The molecule has 7 heteroatoms. The number of halogens is 1. The topological polar surface area (TPSA) is 74.7 Å². The van der Waals surface area contributed by atoms with Gasteiger partial charge in [0.25, 0.3) is 0 Å². The fourth-order valence-corrected chi connectivity index (χ4v) is 2.65. The number of ether oxygens (including phenoxy) is 1. The molecular weight excluding hydrogens is 318 g/mol. The Morgan fingerprint density at radius 3 is 2.91 bits per heavy atom. The predicted molar refractivity (Wildman–Crippen MR) is 90.1 cm³/mol. The third-order valence-corrected chi connectivity index (χ3v) is 3.96. The quantitative estimate of drug-likeness (QED) is 0.884. The number of carbonyl (C=O) groups is 1. The molecule has 1 aromatic rings. The number of anilines is 1. The summed E-state index contributed by atoms with van der Waals surface area (Å²) < 4.78 is 5.60. The number of aromatic nitrogens is 1. The van der Waals surface area contributed by atoms with Gasteiger partial charge in [-0.15, -0.1) is 0 Å². The Labute approximate surface area is 141 Å². The van der Waals surface area contributed by atoms with E-state index in [0.717, 1.165) is 6.42 Å². The Kier molecular flexibility index (Phi) is 5.70. The maximum absolute atomic E-state index is 12.5. The van der Waals surface area contributed by atoms with Gasteiger partial charge in [-0.2, -0.15) is 0 Å². The van der Waals surface area contributed by atoms with E-state index in [1.165, 1.54) is 6.20 Å². The van der Waals surface area contributed by atoms with E-state index in [1.807, 2.05) is 20.8 Å². The molecule has 2 rings (SSSR count). The third-order valence-electron chi connectivity index (χ3n) is 3.76.